The lowest BCUT2D eigenvalue weighted by atomic mass is 10.1. The van der Waals surface area contributed by atoms with E-state index >= 15 is 0 Å². The van der Waals surface area contributed by atoms with Crippen LogP contribution in [0, 0.1) is 3.57 Å². The number of benzene rings is 3. The number of anilines is 1. The highest BCUT2D eigenvalue weighted by atomic mass is 127. The van der Waals surface area contributed by atoms with Gasteiger partial charge in [-0.25, -0.2) is 9.97 Å². The van der Waals surface area contributed by atoms with Crippen LogP contribution in [0.15, 0.2) is 77.9 Å². The van der Waals surface area contributed by atoms with Gasteiger partial charge in [0.15, 0.2) is 11.6 Å². The summed E-state index contributed by atoms with van der Waals surface area (Å²) in [6.07, 6.45) is 0. The number of hydrogen-bond acceptors (Lipinski definition) is 5. The molecule has 0 spiro atoms. The number of nitrogens with one attached hydrogen (secondary N) is 1. The number of para-hydroxylation sites is 1. The minimum atomic E-state index is 0.635. The zero-order valence-corrected chi connectivity index (χ0v) is 18.2. The lowest BCUT2D eigenvalue weighted by molar-refractivity contribution is 0.415. The van der Waals surface area contributed by atoms with E-state index in [-0.39, 0.29) is 0 Å². The van der Waals surface area contributed by atoms with Crippen LogP contribution in [0.2, 0.25) is 0 Å². The van der Waals surface area contributed by atoms with E-state index in [0.29, 0.717) is 11.6 Å². The number of aromatic nitrogens is 2. The van der Waals surface area contributed by atoms with Crippen LogP contribution in [0.4, 0.5) is 5.82 Å². The van der Waals surface area contributed by atoms with Gasteiger partial charge in [-0.15, -0.1) is 0 Å². The number of fused-ring (bicyclic) bond motifs is 1. The van der Waals surface area contributed by atoms with E-state index < -0.39 is 0 Å². The Morgan fingerprint density at radius 3 is 2.38 bits per heavy atom. The maximum Gasteiger partial charge on any atom is 0.162 e. The van der Waals surface area contributed by atoms with Gasteiger partial charge >= 0.3 is 0 Å². The molecule has 0 unspecified atom stereocenters. The summed E-state index contributed by atoms with van der Waals surface area (Å²) >= 11 is 2.29. The molecule has 0 bridgehead atoms. The van der Waals surface area contributed by atoms with Gasteiger partial charge in [-0.2, -0.15) is 5.10 Å². The molecule has 0 aliphatic rings. The number of rotatable bonds is 5. The van der Waals surface area contributed by atoms with Crippen molar-refractivity contribution in [3.8, 4) is 17.1 Å². The smallest absolute Gasteiger partial charge is 0.162 e. The molecular formula is C23H19IN4O. The molecule has 0 aliphatic carbocycles. The van der Waals surface area contributed by atoms with Crippen LogP contribution >= 0.6 is 22.6 Å². The molecule has 0 saturated heterocycles. The highest BCUT2D eigenvalue weighted by Gasteiger charge is 2.09. The molecule has 0 atom stereocenters. The predicted octanol–water partition coefficient (Wildman–Crippen LogP) is 5.75. The first-order valence-corrected chi connectivity index (χ1v) is 10.2. The van der Waals surface area contributed by atoms with Crippen molar-refractivity contribution in [3.63, 3.8) is 0 Å². The van der Waals surface area contributed by atoms with Gasteiger partial charge in [0.25, 0.3) is 0 Å². The third-order valence-corrected chi connectivity index (χ3v) is 5.26. The molecule has 5 nitrogen and oxygen atoms in total. The standard InChI is InChI=1S/C23H19IN4O/c1-15(16-7-11-18(24)12-8-16)27-28-23-20-5-3-4-6-21(20)25-22(26-23)17-9-13-19(29-2)14-10-17/h3-14H,1-2H3,(H,25,26,28)/b27-15+. The minimum Gasteiger partial charge on any atom is -0.497 e. The monoisotopic (exact) mass is 494 g/mol. The predicted molar refractivity (Wildman–Crippen MR) is 127 cm³/mol. The Bertz CT molecular complexity index is 1170. The van der Waals surface area contributed by atoms with E-state index in [1.807, 2.05) is 55.5 Å². The van der Waals surface area contributed by atoms with Gasteiger partial charge in [-0.3, -0.25) is 5.43 Å². The van der Waals surface area contributed by atoms with Crippen molar-refractivity contribution in [2.24, 2.45) is 5.10 Å². The molecule has 0 amide bonds. The largest absolute Gasteiger partial charge is 0.497 e. The second kappa shape index (κ2) is 8.57. The summed E-state index contributed by atoms with van der Waals surface area (Å²) in [5, 5.41) is 5.48. The first kappa shape index (κ1) is 19.3. The maximum absolute atomic E-state index is 5.24. The molecule has 0 radical (unpaired) electrons. The Balaban J connectivity index is 1.72. The molecule has 4 rings (SSSR count). The number of ether oxygens (including phenoxy) is 1. The van der Waals surface area contributed by atoms with Crippen molar-refractivity contribution in [2.45, 2.75) is 6.92 Å². The van der Waals surface area contributed by atoms with Crippen LogP contribution < -0.4 is 10.2 Å². The van der Waals surface area contributed by atoms with Crippen LogP contribution in [-0.4, -0.2) is 22.8 Å². The molecule has 1 heterocycles. The molecule has 29 heavy (non-hydrogen) atoms. The number of hydrazone groups is 1. The van der Waals surface area contributed by atoms with E-state index in [1.165, 1.54) is 3.57 Å². The molecular weight excluding hydrogens is 475 g/mol. The second-order valence-electron chi connectivity index (χ2n) is 6.46. The van der Waals surface area contributed by atoms with E-state index in [4.69, 9.17) is 14.7 Å². The zero-order valence-electron chi connectivity index (χ0n) is 16.1. The van der Waals surface area contributed by atoms with Gasteiger partial charge in [0, 0.05) is 14.5 Å². The number of hydrogen-bond donors (Lipinski definition) is 1. The molecule has 144 valence electrons. The SMILES string of the molecule is COc1ccc(-c2nc(N/N=C(\C)c3ccc(I)cc3)c3ccccc3n2)cc1. The Morgan fingerprint density at radius 1 is 0.931 bits per heavy atom. The van der Waals surface area contributed by atoms with Gasteiger partial charge in [0.05, 0.1) is 18.3 Å². The van der Waals surface area contributed by atoms with Crippen molar-refractivity contribution >= 4 is 45.0 Å². The van der Waals surface area contributed by atoms with Crippen LogP contribution in [0.3, 0.4) is 0 Å². The molecule has 3 aromatic carbocycles. The lowest BCUT2D eigenvalue weighted by Gasteiger charge is -2.09. The minimum absolute atomic E-state index is 0.635. The fourth-order valence-corrected chi connectivity index (χ4v) is 3.28. The molecule has 1 aromatic heterocycles. The molecule has 0 fully saturated rings. The van der Waals surface area contributed by atoms with Gasteiger partial charge < -0.3 is 4.74 Å². The Morgan fingerprint density at radius 2 is 1.66 bits per heavy atom. The maximum atomic E-state index is 5.24. The first-order chi connectivity index (χ1) is 14.1. The topological polar surface area (TPSA) is 59.4 Å². The van der Waals surface area contributed by atoms with Gasteiger partial charge in [0.1, 0.15) is 5.75 Å². The van der Waals surface area contributed by atoms with Gasteiger partial charge in [-0.1, -0.05) is 24.3 Å². The van der Waals surface area contributed by atoms with Crippen LogP contribution in [0.5, 0.6) is 5.75 Å². The highest BCUT2D eigenvalue weighted by Crippen LogP contribution is 2.26. The number of nitrogens with zero attached hydrogens (tertiary/aromatic N) is 3. The van der Waals surface area contributed by atoms with Crippen molar-refractivity contribution in [3.05, 3.63) is 81.9 Å². The number of methoxy groups -OCH3 is 1. The van der Waals surface area contributed by atoms with Crippen molar-refractivity contribution in [2.75, 3.05) is 12.5 Å². The summed E-state index contributed by atoms with van der Waals surface area (Å²) in [6.45, 7) is 1.98. The van der Waals surface area contributed by atoms with Crippen molar-refractivity contribution in [1.29, 1.82) is 0 Å². The van der Waals surface area contributed by atoms with E-state index in [0.717, 1.165) is 33.5 Å². The molecule has 0 saturated carbocycles. The van der Waals surface area contributed by atoms with Gasteiger partial charge in [-0.05, 0) is 83.6 Å². The van der Waals surface area contributed by atoms with Crippen LogP contribution in [0.25, 0.3) is 22.3 Å². The number of halogens is 1. The zero-order chi connectivity index (χ0) is 20.2. The van der Waals surface area contributed by atoms with Crippen LogP contribution in [0.1, 0.15) is 12.5 Å². The van der Waals surface area contributed by atoms with Crippen molar-refractivity contribution < 1.29 is 4.74 Å². The molecule has 6 heteroatoms. The third kappa shape index (κ3) is 4.37. The molecule has 0 aliphatic heterocycles. The quantitative estimate of drug-likeness (QED) is 0.218. The summed E-state index contributed by atoms with van der Waals surface area (Å²) in [4.78, 5) is 9.45. The van der Waals surface area contributed by atoms with Gasteiger partial charge in [0.2, 0.25) is 0 Å². The van der Waals surface area contributed by atoms with E-state index in [9.17, 15) is 0 Å². The summed E-state index contributed by atoms with van der Waals surface area (Å²) in [5.74, 6) is 2.10. The summed E-state index contributed by atoms with van der Waals surface area (Å²) in [5.41, 5.74) is 6.86. The lowest BCUT2D eigenvalue weighted by Crippen LogP contribution is -2.03. The Hall–Kier alpha value is -3.00. The molecule has 1 N–H and O–H groups in total. The average Bonchev–Trinajstić information content (AvgIpc) is 2.77. The Labute approximate surface area is 183 Å². The summed E-state index contributed by atoms with van der Waals surface area (Å²) < 4.78 is 6.43. The fourth-order valence-electron chi connectivity index (χ4n) is 2.92. The summed E-state index contributed by atoms with van der Waals surface area (Å²) in [7, 11) is 1.65. The summed E-state index contributed by atoms with van der Waals surface area (Å²) in [6, 6.07) is 23.9. The van der Waals surface area contributed by atoms with E-state index in [1.54, 1.807) is 7.11 Å². The molecule has 4 aromatic rings. The second-order valence-corrected chi connectivity index (χ2v) is 7.70. The Kier molecular flexibility index (Phi) is 5.71. The fraction of sp³-hybridized carbons (Fsp3) is 0.0870. The van der Waals surface area contributed by atoms with E-state index in [2.05, 4.69) is 57.4 Å². The third-order valence-electron chi connectivity index (χ3n) is 4.54. The first-order valence-electron chi connectivity index (χ1n) is 9.11. The van der Waals surface area contributed by atoms with Crippen LogP contribution in [-0.2, 0) is 0 Å². The highest BCUT2D eigenvalue weighted by molar-refractivity contribution is 14.1. The normalized spacial score (nSPS) is 11.5. The van der Waals surface area contributed by atoms with Crippen molar-refractivity contribution in [1.82, 2.24) is 9.97 Å². The average molecular weight is 494 g/mol.